The van der Waals surface area contributed by atoms with E-state index in [1.807, 2.05) is 22.6 Å². The van der Waals surface area contributed by atoms with Crippen LogP contribution in [0.25, 0.3) is 0 Å². The molecule has 0 aromatic carbocycles. The molecular weight excluding hydrogens is 230 g/mol. The predicted molar refractivity (Wildman–Crippen MR) is 74.3 cm³/mol. The minimum absolute atomic E-state index is 0.745. The Labute approximate surface area is 109 Å². The molecule has 1 saturated carbocycles. The van der Waals surface area contributed by atoms with Gasteiger partial charge in [0.1, 0.15) is 0 Å². The van der Waals surface area contributed by atoms with Gasteiger partial charge in [0.25, 0.3) is 0 Å². The molecule has 17 heavy (non-hydrogen) atoms. The lowest BCUT2D eigenvalue weighted by molar-refractivity contribution is 0.241. The molecule has 0 bridgehead atoms. The molecule has 0 saturated heterocycles. The van der Waals surface area contributed by atoms with Gasteiger partial charge in [0.15, 0.2) is 0 Å². The first kappa shape index (κ1) is 13.0. The first-order valence-corrected chi connectivity index (χ1v) is 7.77. The molecule has 2 atom stereocenters. The van der Waals surface area contributed by atoms with E-state index in [0.29, 0.717) is 0 Å². The Bertz CT molecular complexity index is 350. The van der Waals surface area contributed by atoms with E-state index >= 15 is 0 Å². The van der Waals surface area contributed by atoms with Crippen molar-refractivity contribution >= 4 is 11.8 Å². The third kappa shape index (κ3) is 3.05. The summed E-state index contributed by atoms with van der Waals surface area (Å²) < 4.78 is 2.00. The SMILES string of the molecule is CCn1cc(CN(C)[C@@H]2CCC[C@@H]2SC)cn1. The number of rotatable bonds is 5. The summed E-state index contributed by atoms with van der Waals surface area (Å²) in [5.74, 6) is 0. The fourth-order valence-electron chi connectivity index (χ4n) is 2.75. The van der Waals surface area contributed by atoms with E-state index in [1.165, 1.54) is 24.8 Å². The maximum Gasteiger partial charge on any atom is 0.0534 e. The number of hydrogen-bond acceptors (Lipinski definition) is 3. The highest BCUT2D eigenvalue weighted by Gasteiger charge is 2.29. The normalized spacial score (nSPS) is 24.7. The van der Waals surface area contributed by atoms with E-state index in [9.17, 15) is 0 Å². The van der Waals surface area contributed by atoms with Crippen LogP contribution in [-0.2, 0) is 13.1 Å². The van der Waals surface area contributed by atoms with Gasteiger partial charge in [-0.3, -0.25) is 9.58 Å². The van der Waals surface area contributed by atoms with Gasteiger partial charge in [-0.25, -0.2) is 0 Å². The van der Waals surface area contributed by atoms with Crippen molar-refractivity contribution in [1.29, 1.82) is 0 Å². The Kier molecular flexibility index (Phi) is 4.51. The zero-order valence-corrected chi connectivity index (χ0v) is 11.9. The van der Waals surface area contributed by atoms with Crippen LogP contribution < -0.4 is 0 Å². The van der Waals surface area contributed by atoms with Crippen molar-refractivity contribution in [1.82, 2.24) is 14.7 Å². The maximum absolute atomic E-state index is 4.34. The Morgan fingerprint density at radius 2 is 2.35 bits per heavy atom. The molecule has 0 N–H and O–H groups in total. The van der Waals surface area contributed by atoms with E-state index in [4.69, 9.17) is 0 Å². The molecule has 4 heteroatoms. The van der Waals surface area contributed by atoms with Gasteiger partial charge >= 0.3 is 0 Å². The molecule has 1 aromatic rings. The van der Waals surface area contributed by atoms with Crippen molar-refractivity contribution in [2.45, 2.75) is 50.6 Å². The average Bonchev–Trinajstić information content (AvgIpc) is 2.96. The molecule has 1 fully saturated rings. The molecule has 0 amide bonds. The van der Waals surface area contributed by atoms with Gasteiger partial charge in [-0.05, 0) is 33.1 Å². The first-order valence-electron chi connectivity index (χ1n) is 6.49. The van der Waals surface area contributed by atoms with Crippen LogP contribution in [-0.4, -0.2) is 39.3 Å². The summed E-state index contributed by atoms with van der Waals surface area (Å²) in [6.45, 7) is 4.11. The van der Waals surface area contributed by atoms with Crippen LogP contribution in [0, 0.1) is 0 Å². The summed E-state index contributed by atoms with van der Waals surface area (Å²) >= 11 is 2.03. The van der Waals surface area contributed by atoms with Crippen LogP contribution in [0.3, 0.4) is 0 Å². The lowest BCUT2D eigenvalue weighted by atomic mass is 10.2. The van der Waals surface area contributed by atoms with Crippen LogP contribution in [0.2, 0.25) is 0 Å². The topological polar surface area (TPSA) is 21.1 Å². The third-order valence-corrected chi connectivity index (χ3v) is 4.88. The molecule has 0 aliphatic heterocycles. The smallest absolute Gasteiger partial charge is 0.0534 e. The quantitative estimate of drug-likeness (QED) is 0.805. The Hall–Kier alpha value is -0.480. The second-order valence-corrected chi connectivity index (χ2v) is 5.97. The molecule has 1 aromatic heterocycles. The number of hydrogen-bond donors (Lipinski definition) is 0. The third-order valence-electron chi connectivity index (χ3n) is 3.73. The lowest BCUT2D eigenvalue weighted by Crippen LogP contribution is -2.35. The summed E-state index contributed by atoms with van der Waals surface area (Å²) in [7, 11) is 2.25. The monoisotopic (exact) mass is 253 g/mol. The van der Waals surface area contributed by atoms with Gasteiger partial charge in [-0.2, -0.15) is 16.9 Å². The van der Waals surface area contributed by atoms with Crippen LogP contribution in [0.15, 0.2) is 12.4 Å². The van der Waals surface area contributed by atoms with Crippen molar-refractivity contribution in [2.24, 2.45) is 0 Å². The van der Waals surface area contributed by atoms with Gasteiger partial charge in [0.2, 0.25) is 0 Å². The highest BCUT2D eigenvalue weighted by Crippen LogP contribution is 2.32. The van der Waals surface area contributed by atoms with E-state index in [0.717, 1.165) is 24.4 Å². The number of aryl methyl sites for hydroxylation is 1. The molecule has 2 rings (SSSR count). The highest BCUT2D eigenvalue weighted by molar-refractivity contribution is 7.99. The van der Waals surface area contributed by atoms with Crippen LogP contribution >= 0.6 is 11.8 Å². The Morgan fingerprint density at radius 3 is 3.00 bits per heavy atom. The number of thioether (sulfide) groups is 1. The summed E-state index contributed by atoms with van der Waals surface area (Å²) in [6.07, 6.45) is 10.5. The van der Waals surface area contributed by atoms with Crippen LogP contribution in [0.1, 0.15) is 31.7 Å². The van der Waals surface area contributed by atoms with Crippen molar-refractivity contribution in [2.75, 3.05) is 13.3 Å². The molecule has 1 aliphatic carbocycles. The molecule has 3 nitrogen and oxygen atoms in total. The van der Waals surface area contributed by atoms with Gasteiger partial charge < -0.3 is 0 Å². The molecular formula is C13H23N3S. The number of aromatic nitrogens is 2. The van der Waals surface area contributed by atoms with Gasteiger partial charge in [-0.15, -0.1) is 0 Å². The van der Waals surface area contributed by atoms with Crippen LogP contribution in [0.4, 0.5) is 0 Å². The van der Waals surface area contributed by atoms with Crippen LogP contribution in [0.5, 0.6) is 0 Å². The second-order valence-electron chi connectivity index (χ2n) is 4.89. The number of nitrogens with zero attached hydrogens (tertiary/aromatic N) is 3. The molecule has 1 heterocycles. The molecule has 0 spiro atoms. The van der Waals surface area contributed by atoms with Crippen molar-refractivity contribution in [3.05, 3.63) is 18.0 Å². The standard InChI is InChI=1S/C13H23N3S/c1-4-16-10-11(8-14-16)9-15(2)12-6-5-7-13(12)17-3/h8,10,12-13H,4-7,9H2,1-3H3/t12-,13+/m1/s1. The minimum Gasteiger partial charge on any atom is -0.298 e. The summed E-state index contributed by atoms with van der Waals surface area (Å²) in [4.78, 5) is 2.51. The van der Waals surface area contributed by atoms with Gasteiger partial charge in [-0.1, -0.05) is 6.42 Å². The zero-order valence-electron chi connectivity index (χ0n) is 11.1. The van der Waals surface area contributed by atoms with Crippen molar-refractivity contribution in [3.63, 3.8) is 0 Å². The zero-order chi connectivity index (χ0) is 12.3. The second kappa shape index (κ2) is 5.91. The minimum atomic E-state index is 0.745. The van der Waals surface area contributed by atoms with E-state index < -0.39 is 0 Å². The fourth-order valence-corrected chi connectivity index (χ4v) is 3.81. The molecule has 0 radical (unpaired) electrons. The summed E-state index contributed by atoms with van der Waals surface area (Å²) in [5.41, 5.74) is 1.33. The predicted octanol–water partition coefficient (Wildman–Crippen LogP) is 2.62. The average molecular weight is 253 g/mol. The molecule has 96 valence electrons. The summed E-state index contributed by atoms with van der Waals surface area (Å²) in [5, 5.41) is 5.16. The van der Waals surface area contributed by atoms with Crippen molar-refractivity contribution in [3.8, 4) is 0 Å². The molecule has 1 aliphatic rings. The maximum atomic E-state index is 4.34. The van der Waals surface area contributed by atoms with E-state index in [-0.39, 0.29) is 0 Å². The van der Waals surface area contributed by atoms with E-state index in [2.05, 4.69) is 36.4 Å². The first-order chi connectivity index (χ1) is 8.24. The van der Waals surface area contributed by atoms with E-state index in [1.54, 1.807) is 0 Å². The molecule has 0 unspecified atom stereocenters. The van der Waals surface area contributed by atoms with Gasteiger partial charge in [0, 0.05) is 36.1 Å². The Balaban J connectivity index is 1.93. The fraction of sp³-hybridized carbons (Fsp3) is 0.769. The van der Waals surface area contributed by atoms with Gasteiger partial charge in [0.05, 0.1) is 6.20 Å². The largest absolute Gasteiger partial charge is 0.298 e. The summed E-state index contributed by atoms with van der Waals surface area (Å²) in [6, 6.07) is 0.745. The van der Waals surface area contributed by atoms with Crippen molar-refractivity contribution < 1.29 is 0 Å². The Morgan fingerprint density at radius 1 is 1.53 bits per heavy atom. The highest BCUT2D eigenvalue weighted by atomic mass is 32.2. The lowest BCUT2D eigenvalue weighted by Gasteiger charge is -2.28.